The van der Waals surface area contributed by atoms with Crippen molar-refractivity contribution in [3.05, 3.63) is 72.9 Å². The first-order chi connectivity index (χ1) is 37.9. The lowest BCUT2D eigenvalue weighted by Gasteiger charge is -2.30. The van der Waals surface area contributed by atoms with Gasteiger partial charge in [-0.15, -0.1) is 0 Å². The topological polar surface area (TPSA) is 114 Å². The van der Waals surface area contributed by atoms with Gasteiger partial charge >= 0.3 is 5.97 Å². The summed E-state index contributed by atoms with van der Waals surface area (Å²) in [4.78, 5) is 40.0. The highest BCUT2D eigenvalue weighted by molar-refractivity contribution is 7.45. The number of allylic oxidation sites excluding steroid dienone is 11. The minimum atomic E-state index is -4.71. The molecule has 0 bridgehead atoms. The van der Waals surface area contributed by atoms with Crippen LogP contribution in [0.5, 0.6) is 0 Å². The molecule has 10 heteroatoms. The lowest BCUT2D eigenvalue weighted by atomic mass is 10.0. The van der Waals surface area contributed by atoms with Crippen molar-refractivity contribution in [2.24, 2.45) is 0 Å². The molecular weight excluding hydrogens is 988 g/mol. The van der Waals surface area contributed by atoms with Crippen LogP contribution in [0.25, 0.3) is 0 Å². The largest absolute Gasteiger partial charge is 0.756 e. The monoisotopic (exact) mass is 1110 g/mol. The molecule has 3 unspecified atom stereocenters. The van der Waals surface area contributed by atoms with E-state index < -0.39 is 26.6 Å². The standard InChI is InChI=1S/C68H125N2O7P/c1-7-10-13-16-19-22-25-28-30-31-32-33-34-35-36-37-38-39-40-43-46-49-52-55-58-61-68(72)77-66(59-56-53-50-47-44-41-27-24-21-18-15-12-9-3)65(64-76-78(73,74)75-63-62-70(4,5)6)69-67(71)60-57-54-51-48-45-42-29-26-23-20-17-14-11-8-2/h11,14,19-20,22-23,28-30,42,56,59,65-66H,7-10,12-13,15-18,21,24-27,31-41,43-55,57-58,60-64H2,1-6H3,(H-,69,71,73,74)/b14-11+,22-19-,23-20+,30-28-,42-29+,59-56-. The van der Waals surface area contributed by atoms with Crippen molar-refractivity contribution in [2.45, 2.75) is 309 Å². The molecule has 78 heavy (non-hydrogen) atoms. The smallest absolute Gasteiger partial charge is 0.306 e. The first kappa shape index (κ1) is 75.5. The molecular formula is C68H125N2O7P. The molecule has 0 aromatic heterocycles. The van der Waals surface area contributed by atoms with E-state index in [1.165, 1.54) is 167 Å². The number of nitrogens with zero attached hydrogens (tertiary/aromatic N) is 1. The number of carbonyl (C=O) groups excluding carboxylic acids is 2. The molecule has 0 aromatic carbocycles. The molecule has 0 spiro atoms. The summed E-state index contributed by atoms with van der Waals surface area (Å²) < 4.78 is 30.3. The van der Waals surface area contributed by atoms with E-state index in [2.05, 4.69) is 86.8 Å². The van der Waals surface area contributed by atoms with Gasteiger partial charge in [-0.05, 0) is 96.0 Å². The van der Waals surface area contributed by atoms with Crippen LogP contribution < -0.4 is 10.2 Å². The Morgan fingerprint density at radius 3 is 1.26 bits per heavy atom. The Hall–Kier alpha value is -2.55. The zero-order valence-electron chi connectivity index (χ0n) is 51.9. The van der Waals surface area contributed by atoms with E-state index >= 15 is 0 Å². The second-order valence-electron chi connectivity index (χ2n) is 23.2. The number of likely N-dealkylation sites (N-methyl/N-ethyl adjacent to an activating group) is 1. The molecule has 0 aliphatic heterocycles. The van der Waals surface area contributed by atoms with E-state index in [9.17, 15) is 19.0 Å². The van der Waals surface area contributed by atoms with E-state index in [0.29, 0.717) is 23.9 Å². The van der Waals surface area contributed by atoms with Crippen molar-refractivity contribution in [3.8, 4) is 0 Å². The van der Waals surface area contributed by atoms with Gasteiger partial charge in [0.05, 0.1) is 33.8 Å². The fourth-order valence-electron chi connectivity index (χ4n) is 9.33. The van der Waals surface area contributed by atoms with Gasteiger partial charge < -0.3 is 28.5 Å². The molecule has 0 saturated carbocycles. The molecule has 0 aliphatic rings. The quantitative estimate of drug-likeness (QED) is 0.0212. The number of unbranched alkanes of at least 4 members (excludes halogenated alkanes) is 33. The second-order valence-corrected chi connectivity index (χ2v) is 24.6. The number of esters is 1. The van der Waals surface area contributed by atoms with Crippen LogP contribution in [0, 0.1) is 0 Å². The van der Waals surface area contributed by atoms with Crippen LogP contribution >= 0.6 is 7.82 Å². The molecule has 1 amide bonds. The zero-order chi connectivity index (χ0) is 57.2. The zero-order valence-corrected chi connectivity index (χ0v) is 52.8. The molecule has 3 atom stereocenters. The SMILES string of the molecule is CC/C=C/C/C=C/C/C=C/CCCCCCC(=O)NC(COP(=O)([O-])OCC[N+](C)(C)C)C(/C=C\CCCCCCCCCCCCC)OC(=O)CCCCCCCCCCCCCCCCC/C=C\C/C=C\CCCCC. The summed E-state index contributed by atoms with van der Waals surface area (Å²) in [5, 5.41) is 3.02. The summed E-state index contributed by atoms with van der Waals surface area (Å²) in [6.07, 6.45) is 74.5. The summed E-state index contributed by atoms with van der Waals surface area (Å²) in [5.41, 5.74) is 0. The van der Waals surface area contributed by atoms with E-state index in [4.69, 9.17) is 13.8 Å². The Labute approximate surface area is 483 Å². The Balaban J connectivity index is 5.12. The van der Waals surface area contributed by atoms with E-state index in [1.807, 2.05) is 33.3 Å². The fraction of sp³-hybridized carbons (Fsp3) is 0.794. The highest BCUT2D eigenvalue weighted by Gasteiger charge is 2.27. The number of ether oxygens (including phenoxy) is 1. The molecule has 1 N–H and O–H groups in total. The summed E-state index contributed by atoms with van der Waals surface area (Å²) in [6.45, 7) is 6.71. The van der Waals surface area contributed by atoms with E-state index in [-0.39, 0.29) is 24.9 Å². The number of hydrogen-bond acceptors (Lipinski definition) is 7. The van der Waals surface area contributed by atoms with Gasteiger partial charge in [0.15, 0.2) is 0 Å². The van der Waals surface area contributed by atoms with Gasteiger partial charge in [-0.25, -0.2) is 0 Å². The minimum absolute atomic E-state index is 0.0282. The Kier molecular flexibility index (Phi) is 55.8. The average molecular weight is 1110 g/mol. The van der Waals surface area contributed by atoms with Crippen molar-refractivity contribution in [1.82, 2.24) is 5.32 Å². The summed E-state index contributed by atoms with van der Waals surface area (Å²) in [5.74, 6) is -0.561. The van der Waals surface area contributed by atoms with Crippen LogP contribution in [0.3, 0.4) is 0 Å². The normalized spacial score (nSPS) is 14.1. The van der Waals surface area contributed by atoms with Gasteiger partial charge in [-0.1, -0.05) is 261 Å². The van der Waals surface area contributed by atoms with Crippen molar-refractivity contribution < 1.29 is 37.3 Å². The van der Waals surface area contributed by atoms with Crippen LogP contribution in [-0.2, 0) is 27.9 Å². The predicted octanol–water partition coefficient (Wildman–Crippen LogP) is 19.8. The molecule has 0 saturated heterocycles. The van der Waals surface area contributed by atoms with Crippen molar-refractivity contribution in [3.63, 3.8) is 0 Å². The second kappa shape index (κ2) is 57.7. The summed E-state index contributed by atoms with van der Waals surface area (Å²) in [7, 11) is 1.17. The highest BCUT2D eigenvalue weighted by atomic mass is 31.2. The number of phosphoric ester groups is 1. The third kappa shape index (κ3) is 58.1. The average Bonchev–Trinajstić information content (AvgIpc) is 3.40. The highest BCUT2D eigenvalue weighted by Crippen LogP contribution is 2.38. The molecule has 0 aliphatic carbocycles. The Morgan fingerprint density at radius 1 is 0.462 bits per heavy atom. The number of phosphoric acid groups is 1. The third-order valence-electron chi connectivity index (χ3n) is 14.4. The number of quaternary nitrogens is 1. The van der Waals surface area contributed by atoms with E-state index in [0.717, 1.165) is 89.9 Å². The third-order valence-corrected chi connectivity index (χ3v) is 15.3. The lowest BCUT2D eigenvalue weighted by molar-refractivity contribution is -0.870. The van der Waals surface area contributed by atoms with E-state index in [1.54, 1.807) is 0 Å². The van der Waals surface area contributed by atoms with Gasteiger partial charge in [0.25, 0.3) is 7.82 Å². The molecule has 0 fully saturated rings. The van der Waals surface area contributed by atoms with Crippen LogP contribution in [0.1, 0.15) is 297 Å². The molecule has 9 nitrogen and oxygen atoms in total. The molecule has 454 valence electrons. The number of rotatable bonds is 59. The predicted molar refractivity (Wildman–Crippen MR) is 335 cm³/mol. The van der Waals surface area contributed by atoms with Crippen molar-refractivity contribution in [1.29, 1.82) is 0 Å². The van der Waals surface area contributed by atoms with Gasteiger partial charge in [-0.3, -0.25) is 14.2 Å². The Bertz CT molecular complexity index is 1570. The maximum absolute atomic E-state index is 13.5. The number of hydrogen-bond donors (Lipinski definition) is 1. The van der Waals surface area contributed by atoms with Crippen LogP contribution in [0.2, 0.25) is 0 Å². The minimum Gasteiger partial charge on any atom is -0.756 e. The summed E-state index contributed by atoms with van der Waals surface area (Å²) in [6, 6.07) is -0.901. The number of nitrogens with one attached hydrogen (secondary N) is 1. The molecule has 0 radical (unpaired) electrons. The van der Waals surface area contributed by atoms with Crippen LogP contribution in [-0.4, -0.2) is 69.4 Å². The van der Waals surface area contributed by atoms with Gasteiger partial charge in [0.2, 0.25) is 5.91 Å². The van der Waals surface area contributed by atoms with Crippen LogP contribution in [0.15, 0.2) is 72.9 Å². The molecule has 0 aromatic rings. The fourth-order valence-corrected chi connectivity index (χ4v) is 10.1. The van der Waals surface area contributed by atoms with Gasteiger partial charge in [-0.2, -0.15) is 0 Å². The maximum atomic E-state index is 13.5. The molecule has 0 heterocycles. The lowest BCUT2D eigenvalue weighted by Crippen LogP contribution is -2.47. The molecule has 0 rings (SSSR count). The maximum Gasteiger partial charge on any atom is 0.306 e. The van der Waals surface area contributed by atoms with Gasteiger partial charge in [0.1, 0.15) is 19.3 Å². The van der Waals surface area contributed by atoms with Crippen molar-refractivity contribution in [2.75, 3.05) is 40.9 Å². The first-order valence-corrected chi connectivity index (χ1v) is 34.2. The number of carbonyl (C=O) groups is 2. The van der Waals surface area contributed by atoms with Crippen molar-refractivity contribution >= 4 is 19.7 Å². The Morgan fingerprint density at radius 2 is 0.821 bits per heavy atom. The first-order valence-electron chi connectivity index (χ1n) is 32.7. The summed E-state index contributed by atoms with van der Waals surface area (Å²) >= 11 is 0. The van der Waals surface area contributed by atoms with Gasteiger partial charge in [0, 0.05) is 12.8 Å². The number of amides is 1. The van der Waals surface area contributed by atoms with Crippen LogP contribution in [0.4, 0.5) is 0 Å².